The molecule has 0 bridgehead atoms. The lowest BCUT2D eigenvalue weighted by Gasteiger charge is -2.24. The number of nitrogens with one attached hydrogen (secondary N) is 3. The largest absolute Gasteiger partial charge is 0.490 e. The number of aryl methyl sites for hydroxylation is 2. The Morgan fingerprint density at radius 2 is 1.56 bits per heavy atom. The number of hydrogen-bond acceptors (Lipinski definition) is 24. The number of phosphoric acid groups is 3. The molecule has 0 spiro atoms. The summed E-state index contributed by atoms with van der Waals surface area (Å²) in [6.45, 7) is 14.7. The Labute approximate surface area is 513 Å². The maximum atomic E-state index is 13.3. The van der Waals surface area contributed by atoms with Gasteiger partial charge in [-0.15, -0.1) is 0 Å². The number of carbonyl (C=O) groups is 3. The summed E-state index contributed by atoms with van der Waals surface area (Å²) in [5.41, 5.74) is 11.9. The van der Waals surface area contributed by atoms with Gasteiger partial charge in [-0.25, -0.2) is 33.4 Å². The van der Waals surface area contributed by atoms with E-state index < -0.39 is 65.1 Å². The van der Waals surface area contributed by atoms with Crippen LogP contribution >= 0.6 is 45.1 Å². The molecule has 30 nitrogen and oxygen atoms in total. The molecule has 10 N–H and O–H groups in total. The van der Waals surface area contributed by atoms with Crippen LogP contribution in [0, 0.1) is 13.8 Å². The zero-order valence-corrected chi connectivity index (χ0v) is 53.3. The van der Waals surface area contributed by atoms with Crippen molar-refractivity contribution in [1.29, 1.82) is 0 Å². The summed E-state index contributed by atoms with van der Waals surface area (Å²) in [5, 5.41) is 21.1. The summed E-state index contributed by atoms with van der Waals surface area (Å²) in [7, 11) is -14.1. The molecule has 2 aliphatic heterocycles. The van der Waals surface area contributed by atoms with E-state index in [0.29, 0.717) is 54.4 Å². The number of carboxylic acid groups (broad SMARTS) is 1. The molecule has 1 fully saturated rings. The van der Waals surface area contributed by atoms with Crippen molar-refractivity contribution >= 4 is 96.5 Å². The van der Waals surface area contributed by atoms with Gasteiger partial charge in [0.15, 0.2) is 11.5 Å². The second-order valence-corrected chi connectivity index (χ2v) is 27.6. The predicted octanol–water partition coefficient (Wildman–Crippen LogP) is 6.73. The van der Waals surface area contributed by atoms with Gasteiger partial charge < -0.3 is 79.2 Å². The molecule has 7 rings (SSSR count). The number of amides is 2. The van der Waals surface area contributed by atoms with Crippen LogP contribution in [0.5, 0.6) is 0 Å². The van der Waals surface area contributed by atoms with Crippen LogP contribution in [0.1, 0.15) is 78.6 Å². The summed E-state index contributed by atoms with van der Waals surface area (Å²) in [4.78, 5) is 93.1. The number of aromatic nitrogens is 4. The molecule has 3 unspecified atom stereocenters. The highest BCUT2D eigenvalue weighted by atomic mass is 33.1. The first-order chi connectivity index (χ1) is 41.8. The highest BCUT2D eigenvalue weighted by Crippen LogP contribution is 2.66. The molecule has 0 saturated carbocycles. The molecule has 4 aromatic rings. The van der Waals surface area contributed by atoms with Gasteiger partial charge in [0.2, 0.25) is 5.91 Å². The number of nitrogens with zero attached hydrogens (tertiary/aromatic N) is 5. The molecule has 0 radical (unpaired) electrons. The summed E-state index contributed by atoms with van der Waals surface area (Å²) in [6.07, 6.45) is 0.0922. The fourth-order valence-electron chi connectivity index (χ4n) is 9.02. The van der Waals surface area contributed by atoms with E-state index >= 15 is 0 Å². The number of carbonyl (C=O) groups excluding carboxylic acids is 2. The molecule has 2 amide bonds. The highest BCUT2D eigenvalue weighted by molar-refractivity contribution is 8.77. The van der Waals surface area contributed by atoms with Crippen molar-refractivity contribution in [2.45, 2.75) is 77.6 Å². The minimum absolute atomic E-state index is 0.0382. The van der Waals surface area contributed by atoms with E-state index in [4.69, 9.17) is 52.9 Å². The number of nitrogens with two attached hydrogens (primary N) is 1. The third-order valence-corrected chi connectivity index (χ3v) is 19.7. The van der Waals surface area contributed by atoms with Gasteiger partial charge >= 0.3 is 29.4 Å². The fraction of sp³-hybridized carbons (Fsp3) is 0.491. The van der Waals surface area contributed by atoms with E-state index in [0.717, 1.165) is 33.1 Å². The van der Waals surface area contributed by atoms with Crippen LogP contribution in [0.25, 0.3) is 44.6 Å². The number of aromatic carboxylic acids is 1. The highest BCUT2D eigenvalue weighted by Gasteiger charge is 2.44. The molecule has 2 aromatic carbocycles. The van der Waals surface area contributed by atoms with Crippen LogP contribution < -0.4 is 27.0 Å². The Morgan fingerprint density at radius 1 is 0.852 bits per heavy atom. The summed E-state index contributed by atoms with van der Waals surface area (Å²) in [5.74, 6) is -1.16. The molecule has 2 aromatic heterocycles. The van der Waals surface area contributed by atoms with E-state index in [1.165, 1.54) is 44.9 Å². The van der Waals surface area contributed by atoms with Crippen LogP contribution in [0.3, 0.4) is 0 Å². The Bertz CT molecular complexity index is 3590. The van der Waals surface area contributed by atoms with E-state index in [9.17, 15) is 43.0 Å². The van der Waals surface area contributed by atoms with Crippen molar-refractivity contribution in [3.63, 3.8) is 0 Å². The van der Waals surface area contributed by atoms with Crippen LogP contribution in [-0.2, 0) is 60.1 Å². The first-order valence-corrected chi connectivity index (χ1v) is 34.4. The average molecular weight is 1330 g/mol. The number of rotatable bonds is 36. The van der Waals surface area contributed by atoms with Gasteiger partial charge in [0, 0.05) is 83.7 Å². The molecular formula is C53H72N9O21P3S2. The molecule has 1 aliphatic carbocycles. The van der Waals surface area contributed by atoms with Crippen molar-refractivity contribution in [2.24, 2.45) is 4.99 Å². The molecule has 35 heteroatoms. The lowest BCUT2D eigenvalue weighted by molar-refractivity contribution is -0.122. The fourth-order valence-corrected chi connectivity index (χ4v) is 14.2. The number of anilines is 2. The average Bonchev–Trinajstić information content (AvgIpc) is 2.91. The summed E-state index contributed by atoms with van der Waals surface area (Å²) in [6, 6.07) is 12.4. The van der Waals surface area contributed by atoms with Crippen molar-refractivity contribution in [3.8, 4) is 22.5 Å². The van der Waals surface area contributed by atoms with E-state index in [-0.39, 0.29) is 99.9 Å². The quantitative estimate of drug-likeness (QED) is 0.00647. The number of carboxylic acids is 1. The van der Waals surface area contributed by atoms with Gasteiger partial charge in [0.05, 0.1) is 82.8 Å². The van der Waals surface area contributed by atoms with Gasteiger partial charge in [0.1, 0.15) is 41.5 Å². The van der Waals surface area contributed by atoms with Gasteiger partial charge in [-0.1, -0.05) is 27.7 Å². The Balaban J connectivity index is 0.747. The minimum Gasteiger partial charge on any atom is -0.478 e. The lowest BCUT2D eigenvalue weighted by atomic mass is 9.88. The number of imidazole rings is 1. The van der Waals surface area contributed by atoms with Crippen molar-refractivity contribution in [3.05, 3.63) is 82.7 Å². The van der Waals surface area contributed by atoms with Gasteiger partial charge in [-0.3, -0.25) is 23.7 Å². The maximum absolute atomic E-state index is 13.3. The van der Waals surface area contributed by atoms with E-state index in [1.807, 2.05) is 65.8 Å². The topological polar surface area (TPSA) is 418 Å². The monoisotopic (exact) mass is 1330 g/mol. The zero-order chi connectivity index (χ0) is 63.8. The molecule has 482 valence electrons. The number of fused-ring (bicyclic) bond motifs is 3. The Kier molecular flexibility index (Phi) is 25.5. The number of phosphoric ester groups is 1. The molecular weight excluding hydrogens is 1260 g/mol. The number of benzene rings is 3. The van der Waals surface area contributed by atoms with Gasteiger partial charge in [-0.05, 0) is 82.5 Å². The van der Waals surface area contributed by atoms with Crippen LogP contribution in [0.4, 0.5) is 11.5 Å². The number of hydrogen-bond donors (Lipinski definition) is 9. The predicted molar refractivity (Wildman–Crippen MR) is 325 cm³/mol. The maximum Gasteiger partial charge on any atom is 0.490 e. The molecule has 3 aliphatic rings. The smallest absolute Gasteiger partial charge is 0.478 e. The SMILES string of the molecule is CC/N=c1/cc2oc3cc(NCC)c(C)cc3c(-c3ccc(C(=O)NCCOCCOCCOCCOCCC(=O)NCC(C)(C)SSCOC4C[C@H](n5cnc6c(N)ncnc65)O[C@@H]4COP(=O)(O)OP(=O)(O)OP(=O)(O)O)cc3C(=O)O)c-2cc1C. The Morgan fingerprint density at radius 3 is 2.24 bits per heavy atom. The number of ether oxygens (including phenoxy) is 6. The van der Waals surface area contributed by atoms with Crippen LogP contribution in [0.2, 0.25) is 0 Å². The van der Waals surface area contributed by atoms with Crippen molar-refractivity contribution in [2.75, 3.05) is 103 Å². The van der Waals surface area contributed by atoms with Crippen LogP contribution in [0.15, 0.2) is 64.5 Å². The third-order valence-electron chi connectivity index (χ3n) is 13.0. The molecule has 5 atom stereocenters. The zero-order valence-electron chi connectivity index (χ0n) is 49.0. The van der Waals surface area contributed by atoms with Gasteiger partial charge in [-0.2, -0.15) is 8.62 Å². The second kappa shape index (κ2) is 32.0. The minimum atomic E-state index is -5.76. The van der Waals surface area contributed by atoms with E-state index in [2.05, 4.69) is 44.5 Å². The molecule has 1 saturated heterocycles. The third kappa shape index (κ3) is 20.3. The standard InChI is InChI=1S/C53H72N9O21P3S2/c1-7-55-39-24-41-37(21-32(39)3)47(38-22-33(4)40(56-8-2)25-42(38)80-41)35-10-9-34(23-36(35)52(65)66)51(64)57-12-14-75-16-18-77-20-19-76-17-15-74-13-11-45(63)58-28-53(5,6)88-87-31-78-43-26-46(62-30-61-48-49(54)59-29-60-50(48)62)81-44(43)27-79-85(70,71)83-86(72,73)82-84(67,68)69/h9-10,21-25,29-30,43-44,46,55H,7-8,11-20,26-28,31H2,1-6H3,(H,57,64)(H,58,63)(H,65,66)(H,70,71)(H,72,73)(H2,54,59,60)(H2,67,68,69)/b56-40-/t43?,44-,46-/m1/s1. The number of nitrogen functional groups attached to an aromatic ring is 1. The Hall–Kier alpha value is -5.44. The lowest BCUT2D eigenvalue weighted by Crippen LogP contribution is -2.36. The first-order valence-electron chi connectivity index (χ1n) is 27.6. The molecule has 88 heavy (non-hydrogen) atoms. The van der Waals surface area contributed by atoms with Gasteiger partial charge in [0.25, 0.3) is 5.91 Å². The first kappa shape index (κ1) is 70.0. The van der Waals surface area contributed by atoms with Crippen molar-refractivity contribution < 1.29 is 98.7 Å². The van der Waals surface area contributed by atoms with Crippen LogP contribution in [-0.4, -0.2) is 171 Å². The summed E-state index contributed by atoms with van der Waals surface area (Å²) >= 11 is 0. The second-order valence-electron chi connectivity index (χ2n) is 20.2. The van der Waals surface area contributed by atoms with Crippen molar-refractivity contribution in [1.82, 2.24) is 30.2 Å². The summed E-state index contributed by atoms with van der Waals surface area (Å²) < 4.78 is 89.9. The normalized spacial score (nSPS) is 17.2. The molecule has 4 heterocycles. The van der Waals surface area contributed by atoms with E-state index in [1.54, 1.807) is 12.1 Å².